The number of halogens is 1. The number of hydrogen-bond donors (Lipinski definition) is 1. The summed E-state index contributed by atoms with van der Waals surface area (Å²) in [6, 6.07) is 7.95. The van der Waals surface area contributed by atoms with E-state index in [0.717, 1.165) is 62.6 Å². The Balaban J connectivity index is 1.31. The van der Waals surface area contributed by atoms with Gasteiger partial charge in [-0.15, -0.1) is 11.3 Å². The standard InChI is InChI=1S/C23H28ClN3O3S/c1-2-30-23(29)21-18-7-4-8-19(18)31-22(21)25-20(28)15-27-11-9-26(10-12-27)14-16-5-3-6-17(24)13-16/h3,5-6,13H,2,4,7-12,14-15H2,1H3,(H,25,28). The number of esters is 1. The number of carbonyl (C=O) groups is 2. The summed E-state index contributed by atoms with van der Waals surface area (Å²) in [6.45, 7) is 6.80. The van der Waals surface area contributed by atoms with Crippen molar-refractivity contribution < 1.29 is 14.3 Å². The summed E-state index contributed by atoms with van der Waals surface area (Å²) >= 11 is 7.61. The van der Waals surface area contributed by atoms with Crippen LogP contribution in [0.2, 0.25) is 5.02 Å². The first kappa shape index (κ1) is 22.3. The van der Waals surface area contributed by atoms with Gasteiger partial charge in [0.25, 0.3) is 0 Å². The van der Waals surface area contributed by atoms with Gasteiger partial charge in [-0.1, -0.05) is 23.7 Å². The molecule has 1 aliphatic carbocycles. The second kappa shape index (κ2) is 10.1. The normalized spacial score (nSPS) is 16.8. The Labute approximate surface area is 192 Å². The number of nitrogens with zero attached hydrogens (tertiary/aromatic N) is 2. The molecule has 1 amide bonds. The minimum Gasteiger partial charge on any atom is -0.462 e. The predicted molar refractivity (Wildman–Crippen MR) is 124 cm³/mol. The number of hydrogen-bond acceptors (Lipinski definition) is 6. The molecule has 8 heteroatoms. The number of thiophene rings is 1. The highest BCUT2D eigenvalue weighted by molar-refractivity contribution is 7.17. The Kier molecular flexibility index (Phi) is 7.27. The van der Waals surface area contributed by atoms with Crippen LogP contribution in [0.3, 0.4) is 0 Å². The van der Waals surface area contributed by atoms with E-state index in [-0.39, 0.29) is 11.9 Å². The topological polar surface area (TPSA) is 61.9 Å². The minimum atomic E-state index is -0.327. The van der Waals surface area contributed by atoms with Gasteiger partial charge in [0.2, 0.25) is 5.91 Å². The fourth-order valence-electron chi connectivity index (χ4n) is 4.28. The molecule has 1 aliphatic heterocycles. The van der Waals surface area contributed by atoms with Crippen LogP contribution in [-0.2, 0) is 28.9 Å². The second-order valence-electron chi connectivity index (χ2n) is 8.01. The molecule has 2 aliphatic rings. The molecular weight excluding hydrogens is 434 g/mol. The summed E-state index contributed by atoms with van der Waals surface area (Å²) in [7, 11) is 0. The molecule has 2 heterocycles. The molecule has 2 aromatic rings. The van der Waals surface area contributed by atoms with Crippen LogP contribution in [0.25, 0.3) is 0 Å². The third-order valence-corrected chi connectivity index (χ3v) is 7.22. The summed E-state index contributed by atoms with van der Waals surface area (Å²) in [4.78, 5) is 30.9. The Morgan fingerprint density at radius 2 is 1.94 bits per heavy atom. The number of ether oxygens (including phenoxy) is 1. The van der Waals surface area contributed by atoms with Crippen LogP contribution < -0.4 is 5.32 Å². The highest BCUT2D eigenvalue weighted by Gasteiger charge is 2.29. The van der Waals surface area contributed by atoms with Gasteiger partial charge in [0, 0.05) is 42.6 Å². The van der Waals surface area contributed by atoms with Crippen LogP contribution in [0, 0.1) is 0 Å². The quantitative estimate of drug-likeness (QED) is 0.635. The van der Waals surface area contributed by atoms with Crippen LogP contribution in [-0.4, -0.2) is 61.0 Å². The van der Waals surface area contributed by atoms with E-state index in [9.17, 15) is 9.59 Å². The second-order valence-corrected chi connectivity index (χ2v) is 9.55. The lowest BCUT2D eigenvalue weighted by Gasteiger charge is -2.34. The molecule has 0 bridgehead atoms. The Morgan fingerprint density at radius 3 is 2.68 bits per heavy atom. The van der Waals surface area contributed by atoms with Gasteiger partial charge in [-0.2, -0.15) is 0 Å². The van der Waals surface area contributed by atoms with Crippen molar-refractivity contribution in [2.24, 2.45) is 0 Å². The summed E-state index contributed by atoms with van der Waals surface area (Å²) in [5.41, 5.74) is 2.84. The lowest BCUT2D eigenvalue weighted by atomic mass is 10.1. The first-order valence-corrected chi connectivity index (χ1v) is 12.0. The predicted octanol–water partition coefficient (Wildman–Crippen LogP) is 3.82. The number of rotatable bonds is 7. The molecule has 31 heavy (non-hydrogen) atoms. The van der Waals surface area contributed by atoms with E-state index in [1.165, 1.54) is 21.8 Å². The number of fused-ring (bicyclic) bond motifs is 1. The van der Waals surface area contributed by atoms with Gasteiger partial charge in [0.15, 0.2) is 0 Å². The maximum Gasteiger partial charge on any atom is 0.341 e. The monoisotopic (exact) mass is 461 g/mol. The van der Waals surface area contributed by atoms with E-state index >= 15 is 0 Å². The lowest BCUT2D eigenvalue weighted by Crippen LogP contribution is -2.48. The van der Waals surface area contributed by atoms with Crippen molar-refractivity contribution in [1.82, 2.24) is 9.80 Å². The molecule has 1 N–H and O–H groups in total. The van der Waals surface area contributed by atoms with E-state index in [4.69, 9.17) is 16.3 Å². The number of piperazine rings is 1. The van der Waals surface area contributed by atoms with E-state index in [2.05, 4.69) is 21.2 Å². The molecule has 0 spiro atoms. The van der Waals surface area contributed by atoms with Gasteiger partial charge in [0.05, 0.1) is 18.7 Å². The molecular formula is C23H28ClN3O3S. The summed E-state index contributed by atoms with van der Waals surface area (Å²) < 4.78 is 5.24. The van der Waals surface area contributed by atoms with E-state index in [1.807, 2.05) is 18.2 Å². The maximum atomic E-state index is 12.7. The number of benzene rings is 1. The molecule has 1 aromatic carbocycles. The van der Waals surface area contributed by atoms with Gasteiger partial charge in [-0.05, 0) is 49.4 Å². The van der Waals surface area contributed by atoms with Gasteiger partial charge in [-0.25, -0.2) is 4.79 Å². The largest absolute Gasteiger partial charge is 0.462 e. The van der Waals surface area contributed by atoms with Gasteiger partial charge >= 0.3 is 5.97 Å². The van der Waals surface area contributed by atoms with Crippen molar-refractivity contribution in [3.8, 4) is 0 Å². The number of nitrogens with one attached hydrogen (secondary N) is 1. The van der Waals surface area contributed by atoms with Crippen LogP contribution >= 0.6 is 22.9 Å². The van der Waals surface area contributed by atoms with Crippen molar-refractivity contribution in [3.05, 3.63) is 50.9 Å². The molecule has 1 saturated heterocycles. The van der Waals surface area contributed by atoms with Gasteiger partial charge in [-0.3, -0.25) is 14.6 Å². The summed E-state index contributed by atoms with van der Waals surface area (Å²) in [5, 5.41) is 4.40. The fraction of sp³-hybridized carbons (Fsp3) is 0.478. The highest BCUT2D eigenvalue weighted by Crippen LogP contribution is 2.39. The fourth-order valence-corrected chi connectivity index (χ4v) is 5.79. The molecule has 4 rings (SSSR count). The Bertz CT molecular complexity index is 954. The van der Waals surface area contributed by atoms with Crippen LogP contribution in [0.1, 0.15) is 39.7 Å². The average Bonchev–Trinajstić information content (AvgIpc) is 3.30. The van der Waals surface area contributed by atoms with E-state index < -0.39 is 0 Å². The average molecular weight is 462 g/mol. The van der Waals surface area contributed by atoms with Crippen molar-refractivity contribution in [1.29, 1.82) is 0 Å². The van der Waals surface area contributed by atoms with E-state index in [0.29, 0.717) is 23.7 Å². The molecule has 1 aromatic heterocycles. The SMILES string of the molecule is CCOC(=O)c1c(NC(=O)CN2CCN(Cc3cccc(Cl)c3)CC2)sc2c1CCC2. The van der Waals surface area contributed by atoms with Crippen LogP contribution in [0.5, 0.6) is 0 Å². The zero-order valence-corrected chi connectivity index (χ0v) is 19.4. The first-order chi connectivity index (χ1) is 15.0. The van der Waals surface area contributed by atoms with Gasteiger partial charge < -0.3 is 10.1 Å². The minimum absolute atomic E-state index is 0.0752. The Hall–Kier alpha value is -1.93. The van der Waals surface area contributed by atoms with Crippen LogP contribution in [0.15, 0.2) is 24.3 Å². The zero-order chi connectivity index (χ0) is 21.8. The van der Waals surface area contributed by atoms with E-state index in [1.54, 1.807) is 6.92 Å². The summed E-state index contributed by atoms with van der Waals surface area (Å²) in [6.07, 6.45) is 2.91. The molecule has 0 unspecified atom stereocenters. The van der Waals surface area contributed by atoms with Crippen LogP contribution in [0.4, 0.5) is 5.00 Å². The molecule has 0 atom stereocenters. The molecule has 166 valence electrons. The molecule has 0 radical (unpaired) electrons. The molecule has 0 saturated carbocycles. The third kappa shape index (κ3) is 5.47. The highest BCUT2D eigenvalue weighted by atomic mass is 35.5. The zero-order valence-electron chi connectivity index (χ0n) is 17.8. The Morgan fingerprint density at radius 1 is 1.16 bits per heavy atom. The van der Waals surface area contributed by atoms with Gasteiger partial charge in [0.1, 0.15) is 5.00 Å². The van der Waals surface area contributed by atoms with Crippen molar-refractivity contribution in [2.75, 3.05) is 44.6 Å². The first-order valence-electron chi connectivity index (χ1n) is 10.8. The van der Waals surface area contributed by atoms with Crippen molar-refractivity contribution >= 4 is 39.8 Å². The number of anilines is 1. The number of carbonyl (C=O) groups excluding carboxylic acids is 2. The molecule has 6 nitrogen and oxygen atoms in total. The molecule has 1 fully saturated rings. The number of amides is 1. The number of aryl methyl sites for hydroxylation is 1. The third-order valence-electron chi connectivity index (χ3n) is 5.78. The van der Waals surface area contributed by atoms with Crippen molar-refractivity contribution in [3.63, 3.8) is 0 Å². The smallest absolute Gasteiger partial charge is 0.341 e. The van der Waals surface area contributed by atoms with Crippen molar-refractivity contribution in [2.45, 2.75) is 32.7 Å². The summed E-state index contributed by atoms with van der Waals surface area (Å²) in [5.74, 6) is -0.402. The lowest BCUT2D eigenvalue weighted by molar-refractivity contribution is -0.117. The maximum absolute atomic E-state index is 12.7.